The Morgan fingerprint density at radius 2 is 2.07 bits per heavy atom. The molecule has 3 rings (SSSR count). The molecule has 2 aromatic rings. The van der Waals surface area contributed by atoms with Crippen molar-refractivity contribution in [1.82, 2.24) is 0 Å². The monoisotopic (exact) mass is 189 g/mol. The number of nitrogens with zero attached hydrogens (tertiary/aromatic N) is 1. The molecule has 0 saturated carbocycles. The lowest BCUT2D eigenvalue weighted by molar-refractivity contribution is 0.253. The summed E-state index contributed by atoms with van der Waals surface area (Å²) in [5.74, 6) is 1.70. The minimum Gasteiger partial charge on any atom is -0.464 e. The Balaban J connectivity index is 2.31. The van der Waals surface area contributed by atoms with E-state index >= 15 is 0 Å². The number of hydrogen-bond donors (Lipinski definition) is 0. The average Bonchev–Trinajstić information content (AvgIpc) is 2.67. The van der Waals surface area contributed by atoms with E-state index in [2.05, 4.69) is 0 Å². The molecule has 0 aliphatic carbocycles. The van der Waals surface area contributed by atoms with Crippen LogP contribution in [0, 0.1) is 0 Å². The van der Waals surface area contributed by atoms with Gasteiger partial charge >= 0.3 is 0 Å². The first-order valence-corrected chi connectivity index (χ1v) is 4.68. The van der Waals surface area contributed by atoms with Crippen LogP contribution < -0.4 is 9.64 Å². The molecule has 3 heteroatoms. The minimum absolute atomic E-state index is 0.0633. The number of para-hydroxylation sites is 1. The summed E-state index contributed by atoms with van der Waals surface area (Å²) in [6.45, 7) is 2.00. The first kappa shape index (κ1) is 7.74. The van der Waals surface area contributed by atoms with E-state index in [0.717, 1.165) is 22.6 Å². The van der Waals surface area contributed by atoms with Crippen LogP contribution in [0.3, 0.4) is 0 Å². The largest absolute Gasteiger partial charge is 0.464 e. The fourth-order valence-electron chi connectivity index (χ4n) is 1.77. The predicted octanol–water partition coefficient (Wildman–Crippen LogP) is 2.61. The van der Waals surface area contributed by atoms with Gasteiger partial charge in [0.1, 0.15) is 5.58 Å². The van der Waals surface area contributed by atoms with Crippen LogP contribution in [0.2, 0.25) is 0 Å². The number of benzene rings is 1. The Labute approximate surface area is 81.9 Å². The zero-order valence-electron chi connectivity index (χ0n) is 8.15. The lowest BCUT2D eigenvalue weighted by Gasteiger charge is -2.14. The zero-order chi connectivity index (χ0) is 9.71. The number of anilines is 1. The highest BCUT2D eigenvalue weighted by Crippen LogP contribution is 2.44. The van der Waals surface area contributed by atoms with E-state index in [0.29, 0.717) is 0 Å². The van der Waals surface area contributed by atoms with E-state index < -0.39 is 0 Å². The Morgan fingerprint density at radius 1 is 1.29 bits per heavy atom. The van der Waals surface area contributed by atoms with Crippen LogP contribution in [0.1, 0.15) is 6.92 Å². The Morgan fingerprint density at radius 3 is 2.93 bits per heavy atom. The summed E-state index contributed by atoms with van der Waals surface area (Å²) < 4.78 is 11.4. The summed E-state index contributed by atoms with van der Waals surface area (Å²) in [4.78, 5) is 2.00. The molecule has 1 unspecified atom stereocenters. The van der Waals surface area contributed by atoms with Gasteiger partial charge in [0.05, 0.1) is 5.39 Å². The number of fused-ring (bicyclic) bond motifs is 3. The molecule has 0 N–H and O–H groups in total. The summed E-state index contributed by atoms with van der Waals surface area (Å²) in [7, 11) is 1.97. The quantitative estimate of drug-likeness (QED) is 0.637. The average molecular weight is 189 g/mol. The van der Waals surface area contributed by atoms with Gasteiger partial charge < -0.3 is 14.1 Å². The Hall–Kier alpha value is -1.64. The fraction of sp³-hybridized carbons (Fsp3) is 0.273. The van der Waals surface area contributed by atoms with E-state index in [-0.39, 0.29) is 6.23 Å². The predicted molar refractivity (Wildman–Crippen MR) is 54.7 cm³/mol. The SMILES string of the molecule is CC1Oc2c(oc3ccccc23)N1C. The molecular weight excluding hydrogens is 178 g/mol. The van der Waals surface area contributed by atoms with Gasteiger partial charge in [0.15, 0.2) is 12.0 Å². The van der Waals surface area contributed by atoms with Gasteiger partial charge in [-0.3, -0.25) is 0 Å². The van der Waals surface area contributed by atoms with Crippen LogP contribution in [0.5, 0.6) is 5.75 Å². The van der Waals surface area contributed by atoms with Gasteiger partial charge in [-0.05, 0) is 19.1 Å². The van der Waals surface area contributed by atoms with Crippen molar-refractivity contribution in [3.8, 4) is 5.75 Å². The molecule has 0 fully saturated rings. The van der Waals surface area contributed by atoms with Gasteiger partial charge in [0.2, 0.25) is 5.88 Å². The maximum Gasteiger partial charge on any atom is 0.242 e. The maximum atomic E-state index is 5.70. The van der Waals surface area contributed by atoms with E-state index in [1.54, 1.807) is 0 Å². The van der Waals surface area contributed by atoms with Gasteiger partial charge in [-0.2, -0.15) is 0 Å². The summed E-state index contributed by atoms with van der Waals surface area (Å²) in [5, 5.41) is 1.05. The smallest absolute Gasteiger partial charge is 0.242 e. The standard InChI is InChI=1S/C11H11NO2/c1-7-12(2)11-10(13-7)8-5-3-4-6-9(8)14-11/h3-7H,1-2H3. The molecule has 2 heterocycles. The molecule has 72 valence electrons. The second-order valence-corrected chi connectivity index (χ2v) is 3.56. The molecule has 3 nitrogen and oxygen atoms in total. The second kappa shape index (κ2) is 2.44. The molecular formula is C11H11NO2. The van der Waals surface area contributed by atoms with Gasteiger partial charge in [0.25, 0.3) is 0 Å². The third-order valence-corrected chi connectivity index (χ3v) is 2.69. The molecule has 1 aliphatic heterocycles. The van der Waals surface area contributed by atoms with Crippen molar-refractivity contribution in [3.63, 3.8) is 0 Å². The summed E-state index contributed by atoms with van der Waals surface area (Å²) >= 11 is 0. The third-order valence-electron chi connectivity index (χ3n) is 2.69. The number of hydrogen-bond acceptors (Lipinski definition) is 3. The Bertz CT molecular complexity index is 489. The van der Waals surface area contributed by atoms with E-state index in [9.17, 15) is 0 Å². The highest BCUT2D eigenvalue weighted by atomic mass is 16.5. The zero-order valence-corrected chi connectivity index (χ0v) is 8.15. The lowest BCUT2D eigenvalue weighted by atomic mass is 10.2. The van der Waals surface area contributed by atoms with E-state index in [4.69, 9.17) is 9.15 Å². The van der Waals surface area contributed by atoms with Crippen LogP contribution in [-0.2, 0) is 0 Å². The topological polar surface area (TPSA) is 25.6 Å². The number of ether oxygens (including phenoxy) is 1. The van der Waals surface area contributed by atoms with Crippen molar-refractivity contribution in [3.05, 3.63) is 24.3 Å². The maximum absolute atomic E-state index is 5.70. The van der Waals surface area contributed by atoms with Gasteiger partial charge in [0, 0.05) is 7.05 Å². The van der Waals surface area contributed by atoms with Crippen molar-refractivity contribution in [2.24, 2.45) is 0 Å². The third kappa shape index (κ3) is 0.816. The highest BCUT2D eigenvalue weighted by Gasteiger charge is 2.30. The van der Waals surface area contributed by atoms with Crippen molar-refractivity contribution in [1.29, 1.82) is 0 Å². The highest BCUT2D eigenvalue weighted by molar-refractivity contribution is 5.90. The van der Waals surface area contributed by atoms with Crippen LogP contribution in [0.4, 0.5) is 5.88 Å². The van der Waals surface area contributed by atoms with E-state index in [1.165, 1.54) is 0 Å². The van der Waals surface area contributed by atoms with Gasteiger partial charge in [-0.25, -0.2) is 0 Å². The molecule has 1 atom stereocenters. The Kier molecular flexibility index (Phi) is 1.35. The van der Waals surface area contributed by atoms with Crippen LogP contribution in [-0.4, -0.2) is 13.3 Å². The molecule has 14 heavy (non-hydrogen) atoms. The molecule has 1 aromatic heterocycles. The van der Waals surface area contributed by atoms with Crippen molar-refractivity contribution < 1.29 is 9.15 Å². The van der Waals surface area contributed by atoms with Crippen molar-refractivity contribution >= 4 is 16.9 Å². The normalized spacial score (nSPS) is 19.9. The van der Waals surface area contributed by atoms with Crippen molar-refractivity contribution in [2.75, 3.05) is 11.9 Å². The van der Waals surface area contributed by atoms with Crippen LogP contribution >= 0.6 is 0 Å². The molecule has 1 aliphatic rings. The molecule has 0 saturated heterocycles. The van der Waals surface area contributed by atoms with Crippen LogP contribution in [0.15, 0.2) is 28.7 Å². The lowest BCUT2D eigenvalue weighted by Crippen LogP contribution is -2.27. The summed E-state index contributed by atoms with van der Waals surface area (Å²) in [6.07, 6.45) is 0.0633. The fourth-order valence-corrected chi connectivity index (χ4v) is 1.77. The van der Waals surface area contributed by atoms with Crippen molar-refractivity contribution in [2.45, 2.75) is 13.2 Å². The van der Waals surface area contributed by atoms with Gasteiger partial charge in [-0.15, -0.1) is 0 Å². The molecule has 0 amide bonds. The number of rotatable bonds is 0. The molecule has 0 spiro atoms. The van der Waals surface area contributed by atoms with Crippen LogP contribution in [0.25, 0.3) is 11.0 Å². The van der Waals surface area contributed by atoms with E-state index in [1.807, 2.05) is 43.1 Å². The summed E-state index contributed by atoms with van der Waals surface area (Å²) in [5.41, 5.74) is 0.885. The molecule has 0 radical (unpaired) electrons. The number of furan rings is 1. The minimum atomic E-state index is 0.0633. The molecule has 0 bridgehead atoms. The first-order valence-electron chi connectivity index (χ1n) is 4.68. The van der Waals surface area contributed by atoms with Gasteiger partial charge in [-0.1, -0.05) is 12.1 Å². The molecule has 1 aromatic carbocycles. The second-order valence-electron chi connectivity index (χ2n) is 3.56. The first-order chi connectivity index (χ1) is 6.77. The summed E-state index contributed by atoms with van der Waals surface area (Å²) in [6, 6.07) is 7.92.